The van der Waals surface area contributed by atoms with E-state index in [1.54, 1.807) is 18.2 Å². The van der Waals surface area contributed by atoms with Crippen molar-refractivity contribution in [3.63, 3.8) is 0 Å². The predicted octanol–water partition coefficient (Wildman–Crippen LogP) is 3.35. The lowest BCUT2D eigenvalue weighted by Crippen LogP contribution is -2.50. The first-order valence-corrected chi connectivity index (χ1v) is 13.6. The summed E-state index contributed by atoms with van der Waals surface area (Å²) in [6.07, 6.45) is -5.04. The number of likely N-dealkylation sites (N-methyl/N-ethyl adjacent to an activating group) is 1. The highest BCUT2D eigenvalue weighted by atomic mass is 19.4. The minimum absolute atomic E-state index is 0.00585. The first-order chi connectivity index (χ1) is 19.9. The van der Waals surface area contributed by atoms with Crippen molar-refractivity contribution in [2.45, 2.75) is 19.1 Å². The number of piperazine rings is 1. The van der Waals surface area contributed by atoms with Crippen LogP contribution in [0.5, 0.6) is 0 Å². The maximum Gasteiger partial charge on any atom is 0.417 e. The second kappa shape index (κ2) is 11.4. The molecule has 13 heteroatoms. The number of benzene rings is 1. The number of carbonyl (C=O) groups is 1. The monoisotopic (exact) mass is 588 g/mol. The molecule has 4 heterocycles. The Morgan fingerprint density at radius 2 is 1.74 bits per heavy atom. The molecule has 2 saturated heterocycles. The number of hydrogen-bond donors (Lipinski definition) is 1. The number of carbonyl (C=O) groups excluding carboxylic acids is 1. The molecule has 9 nitrogen and oxygen atoms in total. The summed E-state index contributed by atoms with van der Waals surface area (Å²) >= 11 is 0. The molecule has 2 aliphatic rings. The van der Waals surface area contributed by atoms with Crippen LogP contribution in [0, 0.1) is 5.82 Å². The molecule has 1 amide bonds. The summed E-state index contributed by atoms with van der Waals surface area (Å²) in [6, 6.07) is 8.11. The fourth-order valence-corrected chi connectivity index (χ4v) is 5.51. The molecule has 0 bridgehead atoms. The quantitative estimate of drug-likeness (QED) is 0.457. The Balaban J connectivity index is 1.78. The number of nitrogens with two attached hydrogens (primary N) is 1. The zero-order valence-corrected chi connectivity index (χ0v) is 23.5. The van der Waals surface area contributed by atoms with Crippen molar-refractivity contribution in [1.29, 1.82) is 0 Å². The van der Waals surface area contributed by atoms with Gasteiger partial charge in [0, 0.05) is 68.7 Å². The van der Waals surface area contributed by atoms with E-state index < -0.39 is 34.6 Å². The second-order valence-corrected chi connectivity index (χ2v) is 10.6. The summed E-state index contributed by atoms with van der Waals surface area (Å²) in [5.41, 5.74) is 2.48. The third-order valence-corrected chi connectivity index (χ3v) is 7.98. The van der Waals surface area contributed by atoms with Crippen LogP contribution in [0.4, 0.5) is 29.1 Å². The molecule has 3 aromatic rings. The van der Waals surface area contributed by atoms with Crippen LogP contribution in [0.3, 0.4) is 0 Å². The Morgan fingerprint density at radius 1 is 1.02 bits per heavy atom. The van der Waals surface area contributed by atoms with Gasteiger partial charge in [-0.25, -0.2) is 9.37 Å². The standard InChI is InChI=1S/C29H32F4N6O3/c1-17-16-39(8-7-36(17)2)23-15-21(30)18(22-5-4-6-24(35-22)38-9-11-42-12-10-38)13-19(23)27-26(28(34)41)20(29(31,32)33)14-25(40)37(27)3/h4-6,13-15,17H,7-12,16H2,1-3H3,(H2,34,41)/t17-/m1/s1. The molecule has 0 radical (unpaired) electrons. The maximum absolute atomic E-state index is 16.0. The van der Waals surface area contributed by atoms with Crippen molar-refractivity contribution >= 4 is 17.4 Å². The van der Waals surface area contributed by atoms with Gasteiger partial charge in [-0.2, -0.15) is 13.2 Å². The number of nitrogens with zero attached hydrogens (tertiary/aromatic N) is 5. The average molecular weight is 589 g/mol. The van der Waals surface area contributed by atoms with Gasteiger partial charge in [-0.3, -0.25) is 9.59 Å². The molecule has 1 atom stereocenters. The van der Waals surface area contributed by atoms with Crippen LogP contribution in [-0.4, -0.2) is 79.4 Å². The lowest BCUT2D eigenvalue weighted by molar-refractivity contribution is -0.138. The number of amides is 1. The minimum atomic E-state index is -5.04. The van der Waals surface area contributed by atoms with Crippen molar-refractivity contribution in [2.75, 3.05) is 62.8 Å². The fraction of sp³-hybridized carbons (Fsp3) is 0.414. The molecule has 2 aromatic heterocycles. The summed E-state index contributed by atoms with van der Waals surface area (Å²) in [7, 11) is 3.21. The number of morpholine rings is 1. The zero-order chi connectivity index (χ0) is 30.3. The van der Waals surface area contributed by atoms with Gasteiger partial charge in [-0.15, -0.1) is 0 Å². The fourth-order valence-electron chi connectivity index (χ4n) is 5.51. The van der Waals surface area contributed by atoms with Crippen LogP contribution < -0.4 is 21.1 Å². The number of ether oxygens (including phenoxy) is 1. The zero-order valence-electron chi connectivity index (χ0n) is 23.5. The highest BCUT2D eigenvalue weighted by molar-refractivity contribution is 6.02. The summed E-state index contributed by atoms with van der Waals surface area (Å²) in [5, 5.41) is 0. The first kappa shape index (κ1) is 29.5. The Labute approximate surface area is 240 Å². The van der Waals surface area contributed by atoms with E-state index in [-0.39, 0.29) is 34.2 Å². The molecule has 0 unspecified atom stereocenters. The number of primary amides is 1. The smallest absolute Gasteiger partial charge is 0.378 e. The molecule has 224 valence electrons. The molecule has 1 aromatic carbocycles. The molecule has 0 spiro atoms. The normalized spacial score (nSPS) is 18.4. The number of aromatic nitrogens is 2. The van der Waals surface area contributed by atoms with Gasteiger partial charge in [-0.05, 0) is 38.2 Å². The van der Waals surface area contributed by atoms with Crippen molar-refractivity contribution in [3.05, 3.63) is 63.7 Å². The lowest BCUT2D eigenvalue weighted by Gasteiger charge is -2.40. The van der Waals surface area contributed by atoms with E-state index in [2.05, 4.69) is 9.88 Å². The summed E-state index contributed by atoms with van der Waals surface area (Å²) in [4.78, 5) is 36.1. The average Bonchev–Trinajstić information content (AvgIpc) is 2.95. The number of hydrogen-bond acceptors (Lipinski definition) is 7. The Hall–Kier alpha value is -3.97. The predicted molar refractivity (Wildman–Crippen MR) is 151 cm³/mol. The number of alkyl halides is 3. The van der Waals surface area contributed by atoms with Crippen molar-refractivity contribution in [2.24, 2.45) is 12.8 Å². The molecule has 0 aliphatic carbocycles. The van der Waals surface area contributed by atoms with E-state index in [1.165, 1.54) is 19.2 Å². The highest BCUT2D eigenvalue weighted by Crippen LogP contribution is 2.41. The third kappa shape index (κ3) is 5.58. The van der Waals surface area contributed by atoms with Gasteiger partial charge in [0.2, 0.25) is 0 Å². The molecule has 2 fully saturated rings. The van der Waals surface area contributed by atoms with E-state index in [1.807, 2.05) is 23.8 Å². The molecule has 42 heavy (non-hydrogen) atoms. The molecule has 5 rings (SSSR count). The van der Waals surface area contributed by atoms with Crippen LogP contribution in [0.15, 0.2) is 41.2 Å². The highest BCUT2D eigenvalue weighted by Gasteiger charge is 2.39. The molecule has 2 aliphatic heterocycles. The molecular weight excluding hydrogens is 556 g/mol. The van der Waals surface area contributed by atoms with E-state index in [0.717, 1.165) is 4.57 Å². The van der Waals surface area contributed by atoms with Crippen LogP contribution in [0.25, 0.3) is 22.5 Å². The van der Waals surface area contributed by atoms with Crippen molar-refractivity contribution in [1.82, 2.24) is 14.5 Å². The van der Waals surface area contributed by atoms with Gasteiger partial charge < -0.3 is 29.7 Å². The molecule has 0 saturated carbocycles. The van der Waals surface area contributed by atoms with Crippen LogP contribution in [-0.2, 0) is 18.0 Å². The van der Waals surface area contributed by atoms with Gasteiger partial charge in [0.15, 0.2) is 0 Å². The van der Waals surface area contributed by atoms with E-state index >= 15 is 4.39 Å². The van der Waals surface area contributed by atoms with Crippen molar-refractivity contribution < 1.29 is 27.1 Å². The second-order valence-electron chi connectivity index (χ2n) is 10.6. The summed E-state index contributed by atoms with van der Waals surface area (Å²) in [6.45, 7) is 5.69. The Bertz CT molecular complexity index is 1570. The van der Waals surface area contributed by atoms with Crippen LogP contribution in [0.2, 0.25) is 0 Å². The van der Waals surface area contributed by atoms with Gasteiger partial charge in [0.1, 0.15) is 11.6 Å². The number of anilines is 2. The summed E-state index contributed by atoms with van der Waals surface area (Å²) in [5.74, 6) is -1.41. The molecular formula is C29H32F4N6O3. The molecule has 2 N–H and O–H groups in total. The Morgan fingerprint density at radius 3 is 2.38 bits per heavy atom. The van der Waals surface area contributed by atoms with Gasteiger partial charge >= 0.3 is 6.18 Å². The Kier molecular flexibility index (Phi) is 7.99. The maximum atomic E-state index is 16.0. The lowest BCUT2D eigenvalue weighted by atomic mass is 9.94. The van der Waals surface area contributed by atoms with E-state index in [4.69, 9.17) is 10.5 Å². The number of halogens is 4. The van der Waals surface area contributed by atoms with E-state index in [9.17, 15) is 22.8 Å². The van der Waals surface area contributed by atoms with Crippen molar-refractivity contribution in [3.8, 4) is 22.5 Å². The third-order valence-electron chi connectivity index (χ3n) is 7.98. The van der Waals surface area contributed by atoms with Crippen LogP contribution in [0.1, 0.15) is 22.8 Å². The van der Waals surface area contributed by atoms with Gasteiger partial charge in [-0.1, -0.05) is 6.07 Å². The largest absolute Gasteiger partial charge is 0.417 e. The minimum Gasteiger partial charge on any atom is -0.378 e. The summed E-state index contributed by atoms with van der Waals surface area (Å²) < 4.78 is 64.8. The SMILES string of the molecule is C[C@@H]1CN(c2cc(F)c(-c3cccc(N4CCOCC4)n3)cc2-c2c(C(N)=O)c(C(F)(F)F)cc(=O)n2C)CCN1C. The number of pyridine rings is 2. The van der Waals surface area contributed by atoms with Crippen LogP contribution >= 0.6 is 0 Å². The van der Waals surface area contributed by atoms with E-state index in [0.29, 0.717) is 57.8 Å². The van der Waals surface area contributed by atoms with Gasteiger partial charge in [0.05, 0.1) is 35.7 Å². The first-order valence-electron chi connectivity index (χ1n) is 13.6. The van der Waals surface area contributed by atoms with Gasteiger partial charge in [0.25, 0.3) is 11.5 Å². The topological polar surface area (TPSA) is 96.9 Å². The number of rotatable bonds is 5.